The molecule has 2 atom stereocenters. The molecule has 0 aliphatic carbocycles. The Bertz CT molecular complexity index is 1090. The predicted molar refractivity (Wildman–Crippen MR) is 116 cm³/mol. The first kappa shape index (κ1) is 26.8. The number of hydrogen-bond acceptors (Lipinski definition) is 3. The summed E-state index contributed by atoms with van der Waals surface area (Å²) in [5, 5.41) is 12.4. The van der Waals surface area contributed by atoms with Crippen LogP contribution in [0.3, 0.4) is 0 Å². The number of carbonyl (C=O) groups is 1. The molecule has 2 N–H and O–H groups in total. The number of rotatable bonds is 8. The van der Waals surface area contributed by atoms with Crippen LogP contribution in [0.1, 0.15) is 35.9 Å². The molecule has 0 bridgehead atoms. The van der Waals surface area contributed by atoms with E-state index in [4.69, 9.17) is 0 Å². The number of carbonyl (C=O) groups excluding carboxylic acids is 1. The van der Waals surface area contributed by atoms with E-state index in [0.717, 1.165) is 37.4 Å². The van der Waals surface area contributed by atoms with Crippen LogP contribution in [0.15, 0.2) is 72.5 Å². The van der Waals surface area contributed by atoms with E-state index in [1.165, 1.54) is 31.2 Å². The zero-order valence-corrected chi connectivity index (χ0v) is 18.2. The lowest BCUT2D eigenvalue weighted by molar-refractivity contribution is -0.0913. The van der Waals surface area contributed by atoms with Crippen LogP contribution >= 0.6 is 0 Å². The lowest BCUT2D eigenvalue weighted by Crippen LogP contribution is -2.33. The third kappa shape index (κ3) is 7.05. The van der Waals surface area contributed by atoms with Gasteiger partial charge in [-0.2, -0.15) is 13.2 Å². The van der Waals surface area contributed by atoms with Crippen molar-refractivity contribution < 1.29 is 36.2 Å². The molecule has 0 fully saturated rings. The fourth-order valence-corrected chi connectivity index (χ4v) is 2.86. The number of hydrogen-bond donors (Lipinski definition) is 2. The van der Waals surface area contributed by atoms with Crippen LogP contribution in [0.5, 0.6) is 0 Å². The van der Waals surface area contributed by atoms with E-state index < -0.39 is 42.0 Å². The quantitative estimate of drug-likeness (QED) is 0.361. The van der Waals surface area contributed by atoms with E-state index in [2.05, 4.69) is 16.9 Å². The van der Waals surface area contributed by atoms with Crippen molar-refractivity contribution in [2.24, 2.45) is 0 Å². The minimum absolute atomic E-state index is 0.115. The highest BCUT2D eigenvalue weighted by molar-refractivity contribution is 5.96. The summed E-state index contributed by atoms with van der Waals surface area (Å²) in [7, 11) is 0. The van der Waals surface area contributed by atoms with Gasteiger partial charge < -0.3 is 10.4 Å². The number of aromatic nitrogens is 1. The number of amides is 1. The molecule has 0 radical (unpaired) electrons. The molecule has 0 saturated carbocycles. The van der Waals surface area contributed by atoms with Crippen molar-refractivity contribution >= 4 is 5.91 Å². The van der Waals surface area contributed by atoms with Crippen molar-refractivity contribution in [3.63, 3.8) is 0 Å². The molecule has 1 aromatic heterocycles. The number of alkyl halides is 5. The molecule has 0 aliphatic heterocycles. The minimum Gasteiger partial charge on any atom is -0.382 e. The molecule has 0 spiro atoms. The monoisotopic (exact) mass is 484 g/mol. The van der Waals surface area contributed by atoms with Gasteiger partial charge in [-0.25, -0.2) is 13.2 Å². The second kappa shape index (κ2) is 11.1. The van der Waals surface area contributed by atoms with Gasteiger partial charge in [-0.1, -0.05) is 24.8 Å². The van der Waals surface area contributed by atoms with Crippen LogP contribution in [-0.4, -0.2) is 34.6 Å². The molecule has 10 heteroatoms. The van der Waals surface area contributed by atoms with E-state index in [1.807, 2.05) is 0 Å². The van der Waals surface area contributed by atoms with E-state index in [0.29, 0.717) is 0 Å². The molecule has 1 heterocycles. The maximum atomic E-state index is 13.2. The Balaban J connectivity index is 2.40. The van der Waals surface area contributed by atoms with Gasteiger partial charge in [-0.3, -0.25) is 9.78 Å². The number of nitrogens with zero attached hydrogens (tertiary/aromatic N) is 1. The summed E-state index contributed by atoms with van der Waals surface area (Å²) in [6, 6.07) is 5.17. The van der Waals surface area contributed by atoms with E-state index in [1.54, 1.807) is 0 Å². The Hall–Kier alpha value is -3.40. The van der Waals surface area contributed by atoms with Crippen molar-refractivity contribution in [1.29, 1.82) is 0 Å². The van der Waals surface area contributed by atoms with E-state index >= 15 is 0 Å². The average molecular weight is 484 g/mol. The molecular weight excluding hydrogens is 462 g/mol. The second-order valence-electron chi connectivity index (χ2n) is 7.40. The highest BCUT2D eigenvalue weighted by Crippen LogP contribution is 2.28. The van der Waals surface area contributed by atoms with Crippen molar-refractivity contribution in [3.05, 3.63) is 89.4 Å². The van der Waals surface area contributed by atoms with Gasteiger partial charge in [-0.05, 0) is 55.3 Å². The van der Waals surface area contributed by atoms with Gasteiger partial charge in [0.05, 0.1) is 17.9 Å². The fraction of sp³-hybridized carbons (Fsp3) is 0.250. The van der Waals surface area contributed by atoms with Crippen LogP contribution in [-0.2, 0) is 0 Å². The van der Waals surface area contributed by atoms with Gasteiger partial charge in [0.2, 0.25) is 0 Å². The van der Waals surface area contributed by atoms with Crippen LogP contribution in [0.4, 0.5) is 26.3 Å². The van der Waals surface area contributed by atoms with Gasteiger partial charge in [-0.15, -0.1) is 0 Å². The van der Waals surface area contributed by atoms with Crippen LogP contribution < -0.4 is 5.32 Å². The first-order valence-corrected chi connectivity index (χ1v) is 9.95. The number of allylic oxidation sites excluding steroid dienone is 3. The predicted octanol–water partition coefficient (Wildman–Crippen LogP) is 5.93. The summed E-state index contributed by atoms with van der Waals surface area (Å²) in [6.07, 6.45) is -5.65. The Morgan fingerprint density at radius 3 is 2.38 bits per heavy atom. The van der Waals surface area contributed by atoms with Gasteiger partial charge in [0.1, 0.15) is 11.9 Å². The van der Waals surface area contributed by atoms with Crippen molar-refractivity contribution in [2.45, 2.75) is 38.6 Å². The Morgan fingerprint density at radius 2 is 1.85 bits per heavy atom. The first-order valence-electron chi connectivity index (χ1n) is 9.95. The van der Waals surface area contributed by atoms with Crippen molar-refractivity contribution in [1.82, 2.24) is 10.3 Å². The maximum Gasteiger partial charge on any atom is 0.412 e. The summed E-state index contributed by atoms with van der Waals surface area (Å²) >= 11 is 0. The molecule has 2 rings (SSSR count). The van der Waals surface area contributed by atoms with Crippen molar-refractivity contribution in [2.75, 3.05) is 0 Å². The van der Waals surface area contributed by atoms with Gasteiger partial charge >= 0.3 is 6.18 Å². The summed E-state index contributed by atoms with van der Waals surface area (Å²) in [5.74, 6) is -1.37. The molecule has 34 heavy (non-hydrogen) atoms. The molecule has 0 saturated heterocycles. The smallest absolute Gasteiger partial charge is 0.382 e. The molecule has 1 amide bonds. The van der Waals surface area contributed by atoms with Crippen LogP contribution in [0.25, 0.3) is 11.3 Å². The van der Waals surface area contributed by atoms with Gasteiger partial charge in [0.25, 0.3) is 12.3 Å². The standard InChI is InChI=1S/C24H22F6N2O2/c1-4-15(6-5-13(2)24(28,29)30)14(3)32-23(34)18-10-16(20-8-7-19(25)12-31-20)9-17(11-18)21(33)22(26)27/h4-12,14,21-22,33H,1H2,2-3H3,(H,32,34)/b13-5+,15-6+/t14-,21?/m1/s1. The average Bonchev–Trinajstić information content (AvgIpc) is 2.78. The fourth-order valence-electron chi connectivity index (χ4n) is 2.86. The highest BCUT2D eigenvalue weighted by Gasteiger charge is 2.29. The number of aliphatic hydroxyl groups is 1. The lowest BCUT2D eigenvalue weighted by Gasteiger charge is -2.17. The molecule has 0 aliphatic rings. The minimum atomic E-state index is -4.51. The Morgan fingerprint density at radius 1 is 1.18 bits per heavy atom. The van der Waals surface area contributed by atoms with Gasteiger partial charge in [0.15, 0.2) is 0 Å². The molecule has 1 unspecified atom stereocenters. The number of pyridine rings is 1. The Labute approximate surface area is 192 Å². The number of nitrogens with one attached hydrogen (secondary N) is 1. The zero-order chi connectivity index (χ0) is 25.6. The second-order valence-corrected chi connectivity index (χ2v) is 7.40. The summed E-state index contributed by atoms with van der Waals surface area (Å²) in [6.45, 7) is 5.93. The highest BCUT2D eigenvalue weighted by atomic mass is 19.4. The normalized spacial score (nSPS) is 14.6. The first-order chi connectivity index (χ1) is 15.8. The Kier molecular flexibility index (Phi) is 8.80. The number of aliphatic hydroxyl groups excluding tert-OH is 1. The molecule has 1 aromatic carbocycles. The van der Waals surface area contributed by atoms with Gasteiger partial charge in [0, 0.05) is 16.7 Å². The molecule has 2 aromatic rings. The largest absolute Gasteiger partial charge is 0.412 e. The van der Waals surface area contributed by atoms with Crippen molar-refractivity contribution in [3.8, 4) is 11.3 Å². The van der Waals surface area contributed by atoms with E-state index in [9.17, 15) is 36.2 Å². The third-order valence-corrected chi connectivity index (χ3v) is 4.88. The molecule has 182 valence electrons. The third-order valence-electron chi connectivity index (χ3n) is 4.88. The van der Waals surface area contributed by atoms with Crippen LogP contribution in [0.2, 0.25) is 0 Å². The zero-order valence-electron chi connectivity index (χ0n) is 18.2. The maximum absolute atomic E-state index is 13.2. The molecular formula is C24H22F6N2O2. The summed E-state index contributed by atoms with van der Waals surface area (Å²) in [5.41, 5.74) is -0.614. The topological polar surface area (TPSA) is 62.2 Å². The summed E-state index contributed by atoms with van der Waals surface area (Å²) < 4.78 is 77.5. The van der Waals surface area contributed by atoms with E-state index in [-0.39, 0.29) is 28.0 Å². The number of benzene rings is 1. The van der Waals surface area contributed by atoms with Crippen LogP contribution in [0, 0.1) is 5.82 Å². The SMILES string of the molecule is C=C/C(=C\C=C(/C)C(F)(F)F)[C@@H](C)NC(=O)c1cc(-c2ccc(F)cn2)cc(C(O)C(F)F)c1. The summed E-state index contributed by atoms with van der Waals surface area (Å²) in [4.78, 5) is 16.7. The lowest BCUT2D eigenvalue weighted by atomic mass is 9.99. The number of halogens is 6. The molecule has 4 nitrogen and oxygen atoms in total.